The third-order valence-corrected chi connectivity index (χ3v) is 4.11. The first kappa shape index (κ1) is 20.3. The van der Waals surface area contributed by atoms with E-state index in [4.69, 9.17) is 10.5 Å². The second-order valence-corrected chi connectivity index (χ2v) is 6.26. The van der Waals surface area contributed by atoms with Crippen LogP contribution in [-0.2, 0) is 4.79 Å². The van der Waals surface area contributed by atoms with Gasteiger partial charge < -0.3 is 20.7 Å². The lowest BCUT2D eigenvalue weighted by atomic mass is 10.0. The molecule has 0 saturated carbocycles. The third kappa shape index (κ3) is 4.85. The molecule has 7 heteroatoms. The van der Waals surface area contributed by atoms with E-state index in [0.29, 0.717) is 24.4 Å². The zero-order chi connectivity index (χ0) is 17.0. The molecule has 1 aromatic carbocycles. The molecule has 3 N–H and O–H groups in total. The number of methoxy groups -OCH3 is 1. The molecule has 134 valence electrons. The summed E-state index contributed by atoms with van der Waals surface area (Å²) in [7, 11) is 1.57. The molecule has 1 aromatic rings. The molecule has 1 unspecified atom stereocenters. The first-order chi connectivity index (χ1) is 10.9. The summed E-state index contributed by atoms with van der Waals surface area (Å²) >= 11 is 0. The fraction of sp³-hybridized carbons (Fsp3) is 0.529. The molecule has 1 aliphatic heterocycles. The van der Waals surface area contributed by atoms with Crippen LogP contribution in [0.25, 0.3) is 0 Å². The van der Waals surface area contributed by atoms with Crippen molar-refractivity contribution in [2.24, 2.45) is 11.7 Å². The quantitative estimate of drug-likeness (QED) is 0.836. The van der Waals surface area contributed by atoms with E-state index in [1.54, 1.807) is 36.3 Å². The molecule has 0 bridgehead atoms. The molecule has 24 heavy (non-hydrogen) atoms. The number of amides is 2. The smallest absolute Gasteiger partial charge is 0.251 e. The van der Waals surface area contributed by atoms with Gasteiger partial charge in [0.2, 0.25) is 5.91 Å². The van der Waals surface area contributed by atoms with Crippen molar-refractivity contribution in [1.29, 1.82) is 0 Å². The first-order valence-corrected chi connectivity index (χ1v) is 7.91. The molecule has 0 aromatic heterocycles. The van der Waals surface area contributed by atoms with Crippen LogP contribution in [0.15, 0.2) is 24.3 Å². The summed E-state index contributed by atoms with van der Waals surface area (Å²) in [5.41, 5.74) is 6.37. The Labute approximate surface area is 149 Å². The van der Waals surface area contributed by atoms with Gasteiger partial charge in [0.05, 0.1) is 7.11 Å². The highest BCUT2D eigenvalue weighted by molar-refractivity contribution is 5.97. The lowest BCUT2D eigenvalue weighted by molar-refractivity contribution is -0.133. The Morgan fingerprint density at radius 1 is 1.29 bits per heavy atom. The summed E-state index contributed by atoms with van der Waals surface area (Å²) in [5, 5.41) is 2.85. The lowest BCUT2D eigenvalue weighted by Crippen LogP contribution is -2.51. The Morgan fingerprint density at radius 2 is 1.92 bits per heavy atom. The highest BCUT2D eigenvalue weighted by Crippen LogP contribution is 2.15. The van der Waals surface area contributed by atoms with Crippen LogP contribution in [0.4, 0.5) is 0 Å². The fourth-order valence-corrected chi connectivity index (χ4v) is 2.66. The highest BCUT2D eigenvalue weighted by Gasteiger charge is 2.32. The van der Waals surface area contributed by atoms with Gasteiger partial charge in [-0.25, -0.2) is 0 Å². The lowest BCUT2D eigenvalue weighted by Gasteiger charge is -2.26. The average Bonchev–Trinajstić information content (AvgIpc) is 2.98. The molecular weight excluding hydrogens is 330 g/mol. The molecule has 1 fully saturated rings. The van der Waals surface area contributed by atoms with Crippen LogP contribution in [0.3, 0.4) is 0 Å². The second kappa shape index (κ2) is 8.89. The SMILES string of the molecule is COc1ccc(C(=O)NC(C(=O)N2CC[C@@H](N)C2)C(C)C)cc1.Cl. The Kier molecular flexibility index (Phi) is 7.51. The van der Waals surface area contributed by atoms with Crippen molar-refractivity contribution >= 4 is 24.2 Å². The number of nitrogens with one attached hydrogen (secondary N) is 1. The number of likely N-dealkylation sites (tertiary alicyclic amines) is 1. The van der Waals surface area contributed by atoms with Crippen molar-refractivity contribution in [1.82, 2.24) is 10.2 Å². The normalized spacial score (nSPS) is 18.0. The molecule has 2 amide bonds. The van der Waals surface area contributed by atoms with Crippen LogP contribution in [0.1, 0.15) is 30.6 Å². The van der Waals surface area contributed by atoms with Gasteiger partial charge in [0.1, 0.15) is 11.8 Å². The van der Waals surface area contributed by atoms with Gasteiger partial charge in [0.25, 0.3) is 5.91 Å². The van der Waals surface area contributed by atoms with Gasteiger partial charge >= 0.3 is 0 Å². The topological polar surface area (TPSA) is 84.7 Å². The standard InChI is InChI=1S/C17H25N3O3.ClH/c1-11(2)15(17(22)20-9-8-13(18)10-20)19-16(21)12-4-6-14(23-3)7-5-12;/h4-7,11,13,15H,8-10,18H2,1-3H3,(H,19,21);1H/t13-,15?;/m1./s1. The molecular formula is C17H26ClN3O3. The molecule has 1 saturated heterocycles. The number of hydrogen-bond acceptors (Lipinski definition) is 4. The summed E-state index contributed by atoms with van der Waals surface area (Å²) in [6, 6.07) is 6.30. The van der Waals surface area contributed by atoms with Gasteiger partial charge in [-0.2, -0.15) is 0 Å². The van der Waals surface area contributed by atoms with E-state index in [1.165, 1.54) is 0 Å². The largest absolute Gasteiger partial charge is 0.497 e. The van der Waals surface area contributed by atoms with Crippen molar-refractivity contribution in [2.45, 2.75) is 32.4 Å². The van der Waals surface area contributed by atoms with Crippen molar-refractivity contribution in [2.75, 3.05) is 20.2 Å². The minimum Gasteiger partial charge on any atom is -0.497 e. The summed E-state index contributed by atoms with van der Waals surface area (Å²) in [6.45, 7) is 5.06. The highest BCUT2D eigenvalue weighted by atomic mass is 35.5. The minimum absolute atomic E-state index is 0. The van der Waals surface area contributed by atoms with Gasteiger partial charge in [-0.15, -0.1) is 12.4 Å². The van der Waals surface area contributed by atoms with Gasteiger partial charge in [-0.05, 0) is 36.6 Å². The number of ether oxygens (including phenoxy) is 1. The number of rotatable bonds is 5. The van der Waals surface area contributed by atoms with Crippen LogP contribution in [0.5, 0.6) is 5.75 Å². The fourth-order valence-electron chi connectivity index (χ4n) is 2.66. The number of halogens is 1. The van der Waals surface area contributed by atoms with E-state index < -0.39 is 6.04 Å². The van der Waals surface area contributed by atoms with E-state index in [9.17, 15) is 9.59 Å². The molecule has 0 aliphatic carbocycles. The number of nitrogens with two attached hydrogens (primary N) is 1. The van der Waals surface area contributed by atoms with Crippen molar-refractivity contribution < 1.29 is 14.3 Å². The third-order valence-electron chi connectivity index (χ3n) is 4.11. The van der Waals surface area contributed by atoms with Gasteiger partial charge in [-0.3, -0.25) is 9.59 Å². The number of benzene rings is 1. The molecule has 0 radical (unpaired) electrons. The Bertz CT molecular complexity index is 563. The summed E-state index contributed by atoms with van der Waals surface area (Å²) in [6.07, 6.45) is 0.809. The van der Waals surface area contributed by atoms with Gasteiger partial charge in [-0.1, -0.05) is 13.8 Å². The number of carbonyl (C=O) groups is 2. The predicted octanol–water partition coefficient (Wildman–Crippen LogP) is 1.43. The maximum atomic E-state index is 12.6. The van der Waals surface area contributed by atoms with E-state index in [2.05, 4.69) is 5.32 Å². The second-order valence-electron chi connectivity index (χ2n) is 6.26. The van der Waals surface area contributed by atoms with Crippen LogP contribution >= 0.6 is 12.4 Å². The zero-order valence-electron chi connectivity index (χ0n) is 14.3. The molecule has 6 nitrogen and oxygen atoms in total. The van der Waals surface area contributed by atoms with Crippen molar-refractivity contribution in [3.63, 3.8) is 0 Å². The van der Waals surface area contributed by atoms with E-state index in [-0.39, 0.29) is 36.2 Å². The van der Waals surface area contributed by atoms with E-state index in [1.807, 2.05) is 13.8 Å². The number of carbonyl (C=O) groups excluding carboxylic acids is 2. The molecule has 2 rings (SSSR count). The first-order valence-electron chi connectivity index (χ1n) is 7.91. The monoisotopic (exact) mass is 355 g/mol. The summed E-state index contributed by atoms with van der Waals surface area (Å²) < 4.78 is 5.08. The summed E-state index contributed by atoms with van der Waals surface area (Å²) in [5.74, 6) is 0.364. The van der Waals surface area contributed by atoms with Crippen LogP contribution in [0, 0.1) is 5.92 Å². The van der Waals surface area contributed by atoms with Gasteiger partial charge in [0, 0.05) is 24.7 Å². The molecule has 1 aliphatic rings. The van der Waals surface area contributed by atoms with Gasteiger partial charge in [0.15, 0.2) is 0 Å². The molecule has 0 spiro atoms. The maximum absolute atomic E-state index is 12.6. The number of hydrogen-bond donors (Lipinski definition) is 2. The summed E-state index contributed by atoms with van der Waals surface area (Å²) in [4.78, 5) is 26.8. The maximum Gasteiger partial charge on any atom is 0.251 e. The van der Waals surface area contributed by atoms with E-state index in [0.717, 1.165) is 6.42 Å². The zero-order valence-corrected chi connectivity index (χ0v) is 15.1. The Balaban J connectivity index is 0.00000288. The Morgan fingerprint density at radius 3 is 2.38 bits per heavy atom. The average molecular weight is 356 g/mol. The van der Waals surface area contributed by atoms with E-state index >= 15 is 0 Å². The van der Waals surface area contributed by atoms with Crippen molar-refractivity contribution in [3.8, 4) is 5.75 Å². The van der Waals surface area contributed by atoms with Crippen LogP contribution < -0.4 is 15.8 Å². The molecule has 1 heterocycles. The molecule has 2 atom stereocenters. The predicted molar refractivity (Wildman–Crippen MR) is 95.5 cm³/mol. The Hall–Kier alpha value is -1.79. The minimum atomic E-state index is -0.546. The number of nitrogens with zero attached hydrogens (tertiary/aromatic N) is 1. The van der Waals surface area contributed by atoms with Crippen LogP contribution in [-0.4, -0.2) is 49.0 Å². The van der Waals surface area contributed by atoms with Crippen LogP contribution in [0.2, 0.25) is 0 Å². The van der Waals surface area contributed by atoms with Crippen molar-refractivity contribution in [3.05, 3.63) is 29.8 Å².